The second-order valence-corrected chi connectivity index (χ2v) is 6.31. The topological polar surface area (TPSA) is 15.3 Å². The zero-order valence-electron chi connectivity index (χ0n) is 10.7. The fraction of sp³-hybridized carbons (Fsp3) is 1.00. The predicted molar refractivity (Wildman–Crippen MR) is 65.0 cm³/mol. The summed E-state index contributed by atoms with van der Waals surface area (Å²) >= 11 is 0. The molecule has 15 heavy (non-hydrogen) atoms. The SMILES string of the molecule is CC(C)C1CC(N2CCNCC2(C)C)C1. The average Bonchev–Trinajstić information content (AvgIpc) is 2.04. The number of rotatable bonds is 2. The third-order valence-corrected chi connectivity index (χ3v) is 4.40. The summed E-state index contributed by atoms with van der Waals surface area (Å²) in [4.78, 5) is 2.74. The Morgan fingerprint density at radius 2 is 1.93 bits per heavy atom. The van der Waals surface area contributed by atoms with E-state index in [4.69, 9.17) is 0 Å². The molecule has 2 fully saturated rings. The van der Waals surface area contributed by atoms with Crippen LogP contribution in [0.4, 0.5) is 0 Å². The lowest BCUT2D eigenvalue weighted by Crippen LogP contribution is -2.63. The minimum atomic E-state index is 0.366. The fourth-order valence-corrected chi connectivity index (χ4v) is 3.10. The van der Waals surface area contributed by atoms with E-state index in [2.05, 4.69) is 37.9 Å². The van der Waals surface area contributed by atoms with Crippen molar-refractivity contribution in [2.75, 3.05) is 19.6 Å². The van der Waals surface area contributed by atoms with Gasteiger partial charge in [-0.2, -0.15) is 0 Å². The van der Waals surface area contributed by atoms with Crippen LogP contribution in [-0.4, -0.2) is 36.1 Å². The van der Waals surface area contributed by atoms with Crippen LogP contribution >= 0.6 is 0 Å². The summed E-state index contributed by atoms with van der Waals surface area (Å²) in [5.74, 6) is 1.87. The maximum Gasteiger partial charge on any atom is 0.0281 e. The van der Waals surface area contributed by atoms with Crippen LogP contribution in [0.3, 0.4) is 0 Å². The first kappa shape index (κ1) is 11.4. The molecule has 1 heterocycles. The molecule has 0 spiro atoms. The third-order valence-electron chi connectivity index (χ3n) is 4.40. The van der Waals surface area contributed by atoms with Crippen molar-refractivity contribution in [1.82, 2.24) is 10.2 Å². The molecule has 0 aromatic heterocycles. The molecule has 1 aliphatic carbocycles. The van der Waals surface area contributed by atoms with E-state index in [1.165, 1.54) is 25.9 Å². The molecule has 0 amide bonds. The molecule has 1 aliphatic heterocycles. The summed E-state index contributed by atoms with van der Waals surface area (Å²) in [5.41, 5.74) is 0.366. The first-order valence-electron chi connectivity index (χ1n) is 6.48. The molecule has 2 heteroatoms. The van der Waals surface area contributed by atoms with Crippen molar-refractivity contribution in [1.29, 1.82) is 0 Å². The lowest BCUT2D eigenvalue weighted by Gasteiger charge is -2.53. The van der Waals surface area contributed by atoms with Gasteiger partial charge in [-0.1, -0.05) is 13.8 Å². The first-order valence-corrected chi connectivity index (χ1v) is 6.48. The molecule has 0 aromatic rings. The van der Waals surface area contributed by atoms with Gasteiger partial charge in [0.05, 0.1) is 0 Å². The molecule has 0 unspecified atom stereocenters. The van der Waals surface area contributed by atoms with E-state index < -0.39 is 0 Å². The standard InChI is InChI=1S/C13H26N2/c1-10(2)11-7-12(8-11)15-6-5-14-9-13(15,3)4/h10-12,14H,5-9H2,1-4H3. The van der Waals surface area contributed by atoms with Gasteiger partial charge in [0, 0.05) is 31.2 Å². The number of piperazine rings is 1. The van der Waals surface area contributed by atoms with E-state index >= 15 is 0 Å². The van der Waals surface area contributed by atoms with Crippen LogP contribution < -0.4 is 5.32 Å². The Balaban J connectivity index is 1.89. The Labute approximate surface area is 94.4 Å². The van der Waals surface area contributed by atoms with Crippen molar-refractivity contribution in [3.05, 3.63) is 0 Å². The second-order valence-electron chi connectivity index (χ2n) is 6.31. The lowest BCUT2D eigenvalue weighted by atomic mass is 9.71. The van der Waals surface area contributed by atoms with Gasteiger partial charge in [-0.15, -0.1) is 0 Å². The summed E-state index contributed by atoms with van der Waals surface area (Å²) in [7, 11) is 0. The number of hydrogen-bond acceptors (Lipinski definition) is 2. The molecule has 0 bridgehead atoms. The van der Waals surface area contributed by atoms with Crippen LogP contribution in [-0.2, 0) is 0 Å². The molecule has 2 nitrogen and oxygen atoms in total. The summed E-state index contributed by atoms with van der Waals surface area (Å²) in [6.07, 6.45) is 2.86. The summed E-state index contributed by atoms with van der Waals surface area (Å²) in [5, 5.41) is 3.50. The van der Waals surface area contributed by atoms with Gasteiger partial charge in [0.2, 0.25) is 0 Å². The van der Waals surface area contributed by atoms with Crippen molar-refractivity contribution >= 4 is 0 Å². The summed E-state index contributed by atoms with van der Waals surface area (Å²) in [6, 6.07) is 0.870. The van der Waals surface area contributed by atoms with E-state index in [-0.39, 0.29) is 0 Å². The Morgan fingerprint density at radius 3 is 2.47 bits per heavy atom. The quantitative estimate of drug-likeness (QED) is 0.751. The average molecular weight is 210 g/mol. The molecule has 2 aliphatic rings. The zero-order valence-corrected chi connectivity index (χ0v) is 10.7. The monoisotopic (exact) mass is 210 g/mol. The predicted octanol–water partition coefficient (Wildman–Crippen LogP) is 2.10. The van der Waals surface area contributed by atoms with E-state index in [9.17, 15) is 0 Å². The zero-order chi connectivity index (χ0) is 11.1. The maximum absolute atomic E-state index is 3.50. The highest BCUT2D eigenvalue weighted by Crippen LogP contribution is 2.39. The Hall–Kier alpha value is -0.0800. The van der Waals surface area contributed by atoms with Gasteiger partial charge in [0.15, 0.2) is 0 Å². The molecule has 1 saturated heterocycles. The van der Waals surface area contributed by atoms with Gasteiger partial charge in [-0.05, 0) is 38.5 Å². The van der Waals surface area contributed by atoms with Crippen LogP contribution in [0.25, 0.3) is 0 Å². The first-order chi connectivity index (χ1) is 7.00. The largest absolute Gasteiger partial charge is 0.314 e. The van der Waals surface area contributed by atoms with Crippen molar-refractivity contribution < 1.29 is 0 Å². The third kappa shape index (κ3) is 2.21. The van der Waals surface area contributed by atoms with Gasteiger partial charge < -0.3 is 5.32 Å². The summed E-state index contributed by atoms with van der Waals surface area (Å²) < 4.78 is 0. The van der Waals surface area contributed by atoms with Crippen LogP contribution in [0.15, 0.2) is 0 Å². The highest BCUT2D eigenvalue weighted by Gasteiger charge is 2.41. The van der Waals surface area contributed by atoms with E-state index in [0.29, 0.717) is 5.54 Å². The molecular formula is C13H26N2. The van der Waals surface area contributed by atoms with Gasteiger partial charge in [-0.3, -0.25) is 4.90 Å². The molecule has 0 aromatic carbocycles. The fourth-order valence-electron chi connectivity index (χ4n) is 3.10. The molecule has 1 N–H and O–H groups in total. The van der Waals surface area contributed by atoms with Crippen LogP contribution in [0, 0.1) is 11.8 Å². The normalized spacial score (nSPS) is 36.6. The number of hydrogen-bond donors (Lipinski definition) is 1. The minimum absolute atomic E-state index is 0.366. The van der Waals surface area contributed by atoms with Crippen LogP contribution in [0.5, 0.6) is 0 Å². The highest BCUT2D eigenvalue weighted by atomic mass is 15.3. The second kappa shape index (κ2) is 4.06. The molecule has 88 valence electrons. The van der Waals surface area contributed by atoms with Crippen molar-refractivity contribution in [3.63, 3.8) is 0 Å². The number of nitrogens with one attached hydrogen (secondary N) is 1. The van der Waals surface area contributed by atoms with Gasteiger partial charge in [-0.25, -0.2) is 0 Å². The minimum Gasteiger partial charge on any atom is -0.314 e. The van der Waals surface area contributed by atoms with Gasteiger partial charge in [0.1, 0.15) is 0 Å². The maximum atomic E-state index is 3.50. The van der Waals surface area contributed by atoms with Crippen molar-refractivity contribution in [2.45, 2.75) is 52.1 Å². The van der Waals surface area contributed by atoms with Crippen LogP contribution in [0.2, 0.25) is 0 Å². The Kier molecular flexibility index (Phi) is 3.09. The lowest BCUT2D eigenvalue weighted by molar-refractivity contribution is -0.0240. The molecule has 1 saturated carbocycles. The molecule has 0 atom stereocenters. The van der Waals surface area contributed by atoms with E-state index in [0.717, 1.165) is 24.4 Å². The summed E-state index contributed by atoms with van der Waals surface area (Å²) in [6.45, 7) is 13.0. The van der Waals surface area contributed by atoms with Crippen molar-refractivity contribution in [3.8, 4) is 0 Å². The molecule has 0 radical (unpaired) electrons. The van der Waals surface area contributed by atoms with Gasteiger partial charge >= 0.3 is 0 Å². The van der Waals surface area contributed by atoms with E-state index in [1.54, 1.807) is 0 Å². The van der Waals surface area contributed by atoms with Crippen LogP contribution in [0.1, 0.15) is 40.5 Å². The van der Waals surface area contributed by atoms with Crippen molar-refractivity contribution in [2.24, 2.45) is 11.8 Å². The Morgan fingerprint density at radius 1 is 1.27 bits per heavy atom. The smallest absolute Gasteiger partial charge is 0.0281 e. The molecule has 2 rings (SSSR count). The van der Waals surface area contributed by atoms with E-state index in [1.807, 2.05) is 0 Å². The molecular weight excluding hydrogens is 184 g/mol. The Bertz CT molecular complexity index is 217. The van der Waals surface area contributed by atoms with Gasteiger partial charge in [0.25, 0.3) is 0 Å². The highest BCUT2D eigenvalue weighted by molar-refractivity contribution is 4.97. The number of nitrogens with zero attached hydrogens (tertiary/aromatic N) is 1.